The number of aryl methyl sites for hydroxylation is 9. The molecule has 12 aromatic carbocycles. The fraction of sp³-hybridized carbons (Fsp3) is 0.222. The van der Waals surface area contributed by atoms with Crippen LogP contribution in [0.15, 0.2) is 317 Å². The minimum Gasteiger partial charge on any atom is -0.673 e. The van der Waals surface area contributed by atoms with Gasteiger partial charge in [0.25, 0.3) is 0 Å². The van der Waals surface area contributed by atoms with E-state index >= 15 is 0 Å². The third-order valence-electron chi connectivity index (χ3n) is 22.5. The van der Waals surface area contributed by atoms with Crippen LogP contribution < -0.4 is 0 Å². The molecule has 4 unspecified atom stereocenters. The van der Waals surface area contributed by atoms with Gasteiger partial charge in [0, 0.05) is 79.9 Å². The summed E-state index contributed by atoms with van der Waals surface area (Å²) in [6, 6.07) is 105. The van der Waals surface area contributed by atoms with Crippen molar-refractivity contribution in [3.05, 3.63) is 478 Å². The summed E-state index contributed by atoms with van der Waals surface area (Å²) in [5.74, 6) is 0.211. The zero-order valence-electron chi connectivity index (χ0n) is 77.6. The molecule has 0 saturated heterocycles. The summed E-state index contributed by atoms with van der Waals surface area (Å²) in [5, 5.41) is 23.2. The summed E-state index contributed by atoms with van der Waals surface area (Å²) < 4.78 is 0. The Kier molecular flexibility index (Phi) is 47.6. The van der Waals surface area contributed by atoms with Crippen LogP contribution >= 0.6 is 0 Å². The molecule has 0 N–H and O–H groups in total. The quantitative estimate of drug-likeness (QED) is 0.0223. The molecular weight excluding hydrogens is 2020 g/mol. The first-order valence-electron chi connectivity index (χ1n) is 42.6. The van der Waals surface area contributed by atoms with Gasteiger partial charge >= 0.3 is 25.8 Å². The smallest absolute Gasteiger partial charge is 0.673 e. The van der Waals surface area contributed by atoms with Crippen molar-refractivity contribution in [1.82, 2.24) is 15.0 Å². The van der Waals surface area contributed by atoms with Crippen molar-refractivity contribution in [2.45, 2.75) is 171 Å². The number of pyridine rings is 3. The van der Waals surface area contributed by atoms with Crippen molar-refractivity contribution in [3.8, 4) is 33.8 Å². The van der Waals surface area contributed by atoms with E-state index in [2.05, 4.69) is 401 Å². The molecule has 0 spiro atoms. The second-order valence-corrected chi connectivity index (χ2v) is 31.2. The third-order valence-corrected chi connectivity index (χ3v) is 22.5. The van der Waals surface area contributed by atoms with E-state index in [9.17, 15) is 0 Å². The van der Waals surface area contributed by atoms with Gasteiger partial charge < -0.3 is 64.5 Å². The number of allylic oxidation sites excluding steroid dienone is 1. The van der Waals surface area contributed by atoms with E-state index in [1.807, 2.05) is 12.1 Å². The normalized spacial score (nSPS) is 11.2. The molecule has 4 atom stereocenters. The van der Waals surface area contributed by atoms with Gasteiger partial charge in [-0.1, -0.05) is 387 Å². The van der Waals surface area contributed by atoms with Crippen molar-refractivity contribution in [2.75, 3.05) is 0 Å². The molecule has 15 aromatic rings. The molecule has 0 aliphatic heterocycles. The molecule has 0 radical (unpaired) electrons. The number of benzene rings is 12. The molecule has 646 valence electrons. The van der Waals surface area contributed by atoms with E-state index < -0.39 is 0 Å². The number of para-hydroxylation sites is 3. The molecule has 3 heterocycles. The first-order chi connectivity index (χ1) is 58.1. The van der Waals surface area contributed by atoms with Crippen molar-refractivity contribution in [1.29, 1.82) is 0 Å². The maximum absolute atomic E-state index is 5.40. The maximum atomic E-state index is 5.40. The van der Waals surface area contributed by atoms with Crippen LogP contribution in [0.1, 0.15) is 197 Å². The molecule has 0 amide bonds. The topological polar surface area (TPSA) is 81.0 Å². The summed E-state index contributed by atoms with van der Waals surface area (Å²) in [7, 11) is 0. The Morgan fingerprint density at radius 2 is 0.683 bits per heavy atom. The van der Waals surface area contributed by atoms with Crippen molar-refractivity contribution in [2.24, 2.45) is 0 Å². The monoisotopic (exact) mass is 2160 g/mol. The number of nitrogens with zero attached hydrogens (tertiary/aromatic N) is 6. The van der Waals surface area contributed by atoms with Crippen LogP contribution in [-0.4, -0.2) is 15.0 Å². The number of hydrogen-bond donors (Lipinski definition) is 0. The Hall–Kier alpha value is -9.64. The Morgan fingerprint density at radius 3 is 1.09 bits per heavy atom. The number of unbranched alkanes of at least 4 members (excludes halogenated alkanes) is 7. The van der Waals surface area contributed by atoms with Crippen LogP contribution in [0.5, 0.6) is 0 Å². The first-order valence-corrected chi connectivity index (χ1v) is 42.6. The molecule has 0 saturated carbocycles. The minimum absolute atomic E-state index is 0. The van der Waals surface area contributed by atoms with Gasteiger partial charge in [0.05, 0.1) is 11.4 Å². The van der Waals surface area contributed by atoms with Crippen LogP contribution in [-0.2, 0) is 84.0 Å². The van der Waals surface area contributed by atoms with Gasteiger partial charge in [-0.2, -0.15) is 6.42 Å². The predicted molar refractivity (Wildman–Crippen MR) is 538 cm³/mol. The molecule has 15 rings (SSSR count). The van der Waals surface area contributed by atoms with E-state index in [1.54, 1.807) is 0 Å². The Bertz CT molecular complexity index is 5780. The van der Waals surface area contributed by atoms with Gasteiger partial charge in [-0.25, -0.2) is 0 Å². The number of hydrogen-bond acceptors (Lipinski definition) is 3. The molecule has 6 nitrogen and oxygen atoms in total. The minimum atomic E-state index is -0.209. The summed E-state index contributed by atoms with van der Waals surface area (Å²) in [6.45, 7) is 42.2. The van der Waals surface area contributed by atoms with Crippen molar-refractivity contribution in [3.63, 3.8) is 0 Å². The van der Waals surface area contributed by atoms with Crippen molar-refractivity contribution >= 4 is 49.4 Å². The second-order valence-electron chi connectivity index (χ2n) is 31.2. The van der Waals surface area contributed by atoms with Gasteiger partial charge in [0.1, 0.15) is 0 Å². The van der Waals surface area contributed by atoms with Gasteiger partial charge in [-0.15, -0.1) is 71.9 Å². The van der Waals surface area contributed by atoms with Crippen LogP contribution in [0.25, 0.3) is 82.0 Å². The van der Waals surface area contributed by atoms with Crippen LogP contribution in [0, 0.1) is 112 Å². The van der Waals surface area contributed by atoms with Gasteiger partial charge in [0.2, 0.25) is 0 Å². The van der Waals surface area contributed by atoms with Gasteiger partial charge in [-0.3, -0.25) is 9.97 Å². The second kappa shape index (κ2) is 55.2. The standard InChI is InChI=1S/C39H42N2.C33H30N2.C31H26N2.C8H16.C2H4.4CH3.3Hf/c1-6-7-8-9-16-27(2)32-26-25-31-20-11-13-22-34(31)37(32)35-23-15-24-36(40-35)39(33-21-12-10-17-28(33)3)41-38-29(4)18-14-19-30(38)5;1-5-25-20-21-26-15-7-9-17-28(26)31(25)29-18-11-19-30(34-29)33(27-16-8-6-12-22(27)2)35-32-23(3)13-10-14-24(32)4;1-21-11-4-6-16-25(21)31(33-30-22(2)12-8-13-23(30)3)29-20-10-19-28(32-29)27-18-9-15-24-14-5-7-17-26(24)27;1-3-5-7-8-6-4-2;1-2;;;;;;;/h10-15,17-27,39H,2,6-9,16H2,1,3-5H3;6-21,33H,1,5H2,2-4H3;4-17,19-20,31H,1-3H3;3H,1,4-8H2,2H3;1-2H2;4*1H3;;;/q3*-2;;;4*-1;;;+4. The van der Waals surface area contributed by atoms with Gasteiger partial charge in [0.15, 0.2) is 0 Å². The average molecular weight is 2160 g/mol. The summed E-state index contributed by atoms with van der Waals surface area (Å²) in [5.41, 5.74) is 28.9. The number of rotatable bonds is 27. The molecule has 9 heteroatoms. The van der Waals surface area contributed by atoms with Gasteiger partial charge in [-0.05, 0) is 168 Å². The molecule has 0 fully saturated rings. The average Bonchev–Trinajstić information content (AvgIpc) is 0.780. The maximum Gasteiger partial charge on any atom is 4.00 e. The molecular formula is C117H130Hf3N6-6. The fourth-order valence-electron chi connectivity index (χ4n) is 16.0. The zero-order valence-corrected chi connectivity index (χ0v) is 88.4. The van der Waals surface area contributed by atoms with Crippen LogP contribution in [0.2, 0.25) is 0 Å². The Balaban J connectivity index is 0.000000367. The molecule has 126 heavy (non-hydrogen) atoms. The van der Waals surface area contributed by atoms with E-state index in [4.69, 9.17) is 30.9 Å². The predicted octanol–water partition coefficient (Wildman–Crippen LogP) is 34.7. The number of fused-ring (bicyclic) bond motifs is 3. The fourth-order valence-corrected chi connectivity index (χ4v) is 16.0. The summed E-state index contributed by atoms with van der Waals surface area (Å²) in [6.07, 6.45) is 15.4. The third kappa shape index (κ3) is 27.9. The summed E-state index contributed by atoms with van der Waals surface area (Å²) >= 11 is 0. The number of aromatic nitrogens is 3. The van der Waals surface area contributed by atoms with Crippen LogP contribution in [0.3, 0.4) is 0 Å². The molecule has 3 aromatic heterocycles. The largest absolute Gasteiger partial charge is 4.00 e. The Morgan fingerprint density at radius 1 is 0.349 bits per heavy atom. The molecule has 0 bridgehead atoms. The van der Waals surface area contributed by atoms with Crippen molar-refractivity contribution < 1.29 is 77.5 Å². The van der Waals surface area contributed by atoms with E-state index in [0.29, 0.717) is 6.42 Å². The zero-order chi connectivity index (χ0) is 84.2. The Labute approximate surface area is 816 Å². The molecule has 0 aliphatic carbocycles. The molecule has 0 aliphatic rings. The van der Waals surface area contributed by atoms with E-state index in [0.717, 1.165) is 74.2 Å². The van der Waals surface area contributed by atoms with Crippen LogP contribution in [0.4, 0.5) is 17.1 Å². The SMILES string of the molecule is C=C.C=CCCCCCC.Cc1ccccc1C([N-]c1c(C)cccc1C)c1cccc(-c2[c-]ccc3ccccc23)n1.[CH2-]C(CCCCCC)c1ccc2ccccc2c1-c1cccc(C([N-]c2c(C)cccc2C)c2ccccc2C)n1.[CH2-]Cc1ccc2ccccc2c1-c1cccc(C([N-]c2c(C)cccc2C)c2ccccc2C)n1.[CH3-].[CH3-].[CH3-].[CH3-].[Hf+4].[Hf].[Hf]. The summed E-state index contributed by atoms with van der Waals surface area (Å²) in [4.78, 5) is 15.8. The van der Waals surface area contributed by atoms with E-state index in [1.165, 1.54) is 168 Å². The first kappa shape index (κ1) is 109. The van der Waals surface area contributed by atoms with E-state index in [-0.39, 0.29) is 131 Å².